The fourth-order valence-corrected chi connectivity index (χ4v) is 2.52. The third kappa shape index (κ3) is 2.15. The summed E-state index contributed by atoms with van der Waals surface area (Å²) >= 11 is 0. The van der Waals surface area contributed by atoms with Crippen LogP contribution in [0.2, 0.25) is 0 Å². The van der Waals surface area contributed by atoms with Crippen molar-refractivity contribution in [1.82, 2.24) is 10.1 Å². The topological polar surface area (TPSA) is 66.6 Å². The molecule has 1 aliphatic rings. The van der Waals surface area contributed by atoms with Gasteiger partial charge < -0.3 is 14.5 Å². The Morgan fingerprint density at radius 2 is 1.90 bits per heavy atom. The maximum absolute atomic E-state index is 12.6. The molecule has 0 aliphatic carbocycles. The molecule has 1 amide bonds. The summed E-state index contributed by atoms with van der Waals surface area (Å²) in [6.07, 6.45) is 2.09. The molecule has 0 spiro atoms. The first-order valence-electron chi connectivity index (χ1n) is 6.72. The fraction of sp³-hybridized carbons (Fsp3) is 0.333. The van der Waals surface area contributed by atoms with E-state index in [4.69, 9.17) is 4.52 Å². The van der Waals surface area contributed by atoms with Gasteiger partial charge in [0.25, 0.3) is 5.91 Å². The number of phenols is 1. The van der Waals surface area contributed by atoms with Crippen LogP contribution in [0.25, 0.3) is 11.3 Å². The van der Waals surface area contributed by atoms with Gasteiger partial charge in [0.2, 0.25) is 0 Å². The molecule has 1 fully saturated rings. The van der Waals surface area contributed by atoms with E-state index in [1.54, 1.807) is 31.2 Å². The molecule has 1 aromatic heterocycles. The Balaban J connectivity index is 2.00. The lowest BCUT2D eigenvalue weighted by atomic mass is 10.1. The molecule has 1 aliphatic heterocycles. The van der Waals surface area contributed by atoms with Gasteiger partial charge >= 0.3 is 0 Å². The van der Waals surface area contributed by atoms with Crippen LogP contribution in [0.5, 0.6) is 5.75 Å². The van der Waals surface area contributed by atoms with E-state index in [0.717, 1.165) is 31.5 Å². The first-order valence-corrected chi connectivity index (χ1v) is 6.72. The quantitative estimate of drug-likeness (QED) is 0.912. The summed E-state index contributed by atoms with van der Waals surface area (Å²) in [6.45, 7) is 3.33. The Kier molecular flexibility index (Phi) is 3.18. The summed E-state index contributed by atoms with van der Waals surface area (Å²) in [5, 5.41) is 13.3. The second-order valence-corrected chi connectivity index (χ2v) is 5.01. The number of hydrogen-bond donors (Lipinski definition) is 1. The second kappa shape index (κ2) is 5.00. The molecule has 1 saturated heterocycles. The highest BCUT2D eigenvalue weighted by molar-refractivity contribution is 6.00. The Morgan fingerprint density at radius 1 is 1.25 bits per heavy atom. The molecule has 20 heavy (non-hydrogen) atoms. The van der Waals surface area contributed by atoms with Crippen molar-refractivity contribution in [2.45, 2.75) is 19.8 Å². The third-order valence-corrected chi connectivity index (χ3v) is 3.61. The maximum Gasteiger partial charge on any atom is 0.259 e. The number of likely N-dealkylation sites (tertiary alicyclic amines) is 1. The maximum atomic E-state index is 12.6. The van der Waals surface area contributed by atoms with E-state index in [1.807, 2.05) is 4.90 Å². The molecule has 0 saturated carbocycles. The minimum absolute atomic E-state index is 0.0238. The average Bonchev–Trinajstić information content (AvgIpc) is 3.08. The molecule has 0 atom stereocenters. The number of amides is 1. The highest BCUT2D eigenvalue weighted by atomic mass is 16.5. The summed E-state index contributed by atoms with van der Waals surface area (Å²) in [5.74, 6) is 0.690. The van der Waals surface area contributed by atoms with Crippen LogP contribution in [0.15, 0.2) is 28.8 Å². The van der Waals surface area contributed by atoms with E-state index >= 15 is 0 Å². The lowest BCUT2D eigenvalue weighted by Gasteiger charge is -2.15. The van der Waals surface area contributed by atoms with Crippen molar-refractivity contribution in [2.75, 3.05) is 13.1 Å². The lowest BCUT2D eigenvalue weighted by Crippen LogP contribution is -2.28. The van der Waals surface area contributed by atoms with Crippen LogP contribution in [0.1, 0.15) is 29.0 Å². The van der Waals surface area contributed by atoms with Gasteiger partial charge in [-0.15, -0.1) is 0 Å². The monoisotopic (exact) mass is 272 g/mol. The number of nitrogens with zero attached hydrogens (tertiary/aromatic N) is 2. The number of aromatic nitrogens is 1. The van der Waals surface area contributed by atoms with Crippen molar-refractivity contribution in [3.8, 4) is 17.0 Å². The Labute approximate surface area is 116 Å². The van der Waals surface area contributed by atoms with Crippen molar-refractivity contribution in [3.05, 3.63) is 35.6 Å². The Bertz CT molecular complexity index is 625. The van der Waals surface area contributed by atoms with Crippen LogP contribution in [0.3, 0.4) is 0 Å². The lowest BCUT2D eigenvalue weighted by molar-refractivity contribution is 0.0791. The van der Waals surface area contributed by atoms with Crippen LogP contribution < -0.4 is 0 Å². The van der Waals surface area contributed by atoms with Crippen molar-refractivity contribution in [2.24, 2.45) is 0 Å². The number of phenolic OH excluding ortho intramolecular Hbond substituents is 1. The largest absolute Gasteiger partial charge is 0.508 e. The molecule has 2 aromatic rings. The number of aryl methyl sites for hydroxylation is 1. The summed E-state index contributed by atoms with van der Waals surface area (Å²) < 4.78 is 5.20. The normalized spacial score (nSPS) is 14.8. The predicted molar refractivity (Wildman–Crippen MR) is 73.5 cm³/mol. The van der Waals surface area contributed by atoms with Gasteiger partial charge in [0.05, 0.1) is 0 Å². The van der Waals surface area contributed by atoms with Gasteiger partial charge in [-0.2, -0.15) is 0 Å². The summed E-state index contributed by atoms with van der Waals surface area (Å²) in [5.41, 5.74) is 1.83. The van der Waals surface area contributed by atoms with E-state index in [2.05, 4.69) is 5.16 Å². The van der Waals surface area contributed by atoms with Crippen LogP contribution in [0.4, 0.5) is 0 Å². The van der Waals surface area contributed by atoms with Crippen LogP contribution in [-0.2, 0) is 0 Å². The van der Waals surface area contributed by atoms with Gasteiger partial charge in [-0.3, -0.25) is 4.79 Å². The van der Waals surface area contributed by atoms with Crippen LogP contribution >= 0.6 is 0 Å². The number of carbonyl (C=O) groups excluding carboxylic acids is 1. The van der Waals surface area contributed by atoms with E-state index in [-0.39, 0.29) is 11.7 Å². The number of aromatic hydroxyl groups is 1. The number of carbonyl (C=O) groups is 1. The second-order valence-electron chi connectivity index (χ2n) is 5.01. The molecule has 104 valence electrons. The molecule has 1 aromatic carbocycles. The molecular weight excluding hydrogens is 256 g/mol. The van der Waals surface area contributed by atoms with E-state index in [1.165, 1.54) is 0 Å². The van der Waals surface area contributed by atoms with Gasteiger partial charge in [-0.25, -0.2) is 0 Å². The number of rotatable bonds is 2. The first-order chi connectivity index (χ1) is 9.66. The summed E-state index contributed by atoms with van der Waals surface area (Å²) in [4.78, 5) is 14.4. The average molecular weight is 272 g/mol. The molecule has 3 rings (SSSR count). The zero-order valence-corrected chi connectivity index (χ0v) is 11.3. The van der Waals surface area contributed by atoms with E-state index < -0.39 is 0 Å². The minimum Gasteiger partial charge on any atom is -0.508 e. The molecule has 0 unspecified atom stereocenters. The van der Waals surface area contributed by atoms with E-state index in [9.17, 15) is 9.90 Å². The molecule has 0 bridgehead atoms. The number of benzene rings is 1. The van der Waals surface area contributed by atoms with Gasteiger partial charge in [0.15, 0.2) is 0 Å². The SMILES string of the molecule is Cc1onc(-c2ccc(O)cc2)c1C(=O)N1CCCC1. The zero-order chi connectivity index (χ0) is 14.1. The van der Waals surface area contributed by atoms with Gasteiger partial charge in [0.1, 0.15) is 22.8 Å². The number of hydrogen-bond acceptors (Lipinski definition) is 4. The standard InChI is InChI=1S/C15H16N2O3/c1-10-13(15(19)17-8-2-3-9-17)14(16-20-10)11-4-6-12(18)7-5-11/h4-7,18H,2-3,8-9H2,1H3. The van der Waals surface area contributed by atoms with Crippen molar-refractivity contribution in [1.29, 1.82) is 0 Å². The molecule has 1 N–H and O–H groups in total. The van der Waals surface area contributed by atoms with Crippen LogP contribution in [0, 0.1) is 6.92 Å². The third-order valence-electron chi connectivity index (χ3n) is 3.61. The molecule has 5 nitrogen and oxygen atoms in total. The van der Waals surface area contributed by atoms with Gasteiger partial charge in [-0.05, 0) is 44.0 Å². The summed E-state index contributed by atoms with van der Waals surface area (Å²) in [7, 11) is 0. The van der Waals surface area contributed by atoms with Crippen molar-refractivity contribution in [3.63, 3.8) is 0 Å². The highest BCUT2D eigenvalue weighted by Crippen LogP contribution is 2.28. The molecule has 0 radical (unpaired) electrons. The van der Waals surface area contributed by atoms with E-state index in [0.29, 0.717) is 17.0 Å². The predicted octanol–water partition coefficient (Wildman–Crippen LogP) is 2.59. The zero-order valence-electron chi connectivity index (χ0n) is 11.3. The van der Waals surface area contributed by atoms with Gasteiger partial charge in [-0.1, -0.05) is 5.16 Å². The Morgan fingerprint density at radius 3 is 2.55 bits per heavy atom. The van der Waals surface area contributed by atoms with Crippen LogP contribution in [-0.4, -0.2) is 34.2 Å². The molecular formula is C15H16N2O3. The first kappa shape index (κ1) is 12.7. The minimum atomic E-state index is -0.0238. The van der Waals surface area contributed by atoms with Crippen molar-refractivity contribution >= 4 is 5.91 Å². The molecule has 5 heteroatoms. The van der Waals surface area contributed by atoms with Gasteiger partial charge in [0, 0.05) is 18.7 Å². The van der Waals surface area contributed by atoms with Crippen molar-refractivity contribution < 1.29 is 14.4 Å². The smallest absolute Gasteiger partial charge is 0.259 e. The fourth-order valence-electron chi connectivity index (χ4n) is 2.52. The Hall–Kier alpha value is -2.30. The summed E-state index contributed by atoms with van der Waals surface area (Å²) in [6, 6.07) is 6.60. The highest BCUT2D eigenvalue weighted by Gasteiger charge is 2.27. The molecule has 2 heterocycles.